The van der Waals surface area contributed by atoms with E-state index in [0.29, 0.717) is 11.7 Å². The van der Waals surface area contributed by atoms with E-state index < -0.39 is 0 Å². The normalized spacial score (nSPS) is 22.6. The van der Waals surface area contributed by atoms with Gasteiger partial charge in [0.25, 0.3) is 0 Å². The van der Waals surface area contributed by atoms with Crippen LogP contribution in [-0.4, -0.2) is 10.9 Å². The number of rotatable bonds is 8. The van der Waals surface area contributed by atoms with Crippen molar-refractivity contribution in [3.63, 3.8) is 0 Å². The van der Waals surface area contributed by atoms with E-state index in [9.17, 15) is 9.90 Å². The average Bonchev–Trinajstić information content (AvgIpc) is 3.35. The lowest BCUT2D eigenvalue weighted by Gasteiger charge is -2.54. The van der Waals surface area contributed by atoms with Crippen LogP contribution in [0.3, 0.4) is 0 Å². The molecule has 1 saturated carbocycles. The number of phenolic OH excluding ortho intramolecular Hbond substituents is 1. The summed E-state index contributed by atoms with van der Waals surface area (Å²) in [5, 5.41) is 10.1. The maximum absolute atomic E-state index is 13.8. The molecule has 2 nitrogen and oxygen atoms in total. The predicted octanol–water partition coefficient (Wildman–Crippen LogP) is 9.39. The van der Waals surface area contributed by atoms with Crippen LogP contribution in [0.4, 0.5) is 0 Å². The summed E-state index contributed by atoms with van der Waals surface area (Å²) in [6, 6.07) is 5.97. The van der Waals surface area contributed by atoms with Crippen LogP contribution in [0.15, 0.2) is 22.7 Å². The van der Waals surface area contributed by atoms with E-state index in [1.54, 1.807) is 6.07 Å². The highest BCUT2D eigenvalue weighted by Crippen LogP contribution is 2.61. The quantitative estimate of drug-likeness (QED) is 0.370. The number of hydrogen-bond donors (Lipinski definition) is 1. The molecule has 188 valence electrons. The maximum Gasteiger partial charge on any atom is 0.142 e. The molecule has 33 heavy (non-hydrogen) atoms. The van der Waals surface area contributed by atoms with Gasteiger partial charge in [0.15, 0.2) is 0 Å². The number of carbonyl (C=O) groups is 1. The fourth-order valence-electron chi connectivity index (χ4n) is 5.54. The number of phenols is 1. The molecule has 1 N–H and O–H groups in total. The first-order valence-corrected chi connectivity index (χ1v) is 13.5. The SMILES string of the molecule is C[C@H]1CC1C(=O)C(C)(CC(C)(C)C(C)(C)C(CC(C)(C)C)c1ccc(O)c(Br)c1)C(C)(C)C. The molecule has 0 radical (unpaired) electrons. The highest BCUT2D eigenvalue weighted by molar-refractivity contribution is 9.10. The Labute approximate surface area is 212 Å². The fourth-order valence-corrected chi connectivity index (χ4v) is 5.94. The molecule has 1 aliphatic rings. The van der Waals surface area contributed by atoms with E-state index in [4.69, 9.17) is 0 Å². The Hall–Kier alpha value is -0.830. The first-order valence-electron chi connectivity index (χ1n) is 12.7. The Morgan fingerprint density at radius 1 is 1.03 bits per heavy atom. The van der Waals surface area contributed by atoms with E-state index in [0.717, 1.165) is 23.7 Å². The third-order valence-electron chi connectivity index (χ3n) is 9.25. The first-order chi connectivity index (χ1) is 14.6. The third kappa shape index (κ3) is 5.88. The molecule has 0 aliphatic heterocycles. The van der Waals surface area contributed by atoms with Gasteiger partial charge in [-0.15, -0.1) is 0 Å². The fraction of sp³-hybridized carbons (Fsp3) is 0.767. The lowest BCUT2D eigenvalue weighted by Crippen LogP contribution is -2.49. The van der Waals surface area contributed by atoms with Crippen LogP contribution in [0.25, 0.3) is 0 Å². The molecular formula is C30H49BrO2. The highest BCUT2D eigenvalue weighted by Gasteiger charge is 2.56. The van der Waals surface area contributed by atoms with Crippen LogP contribution in [0, 0.1) is 38.9 Å². The molecule has 0 spiro atoms. The van der Waals surface area contributed by atoms with Gasteiger partial charge in [0.2, 0.25) is 0 Å². The second-order valence-electron chi connectivity index (χ2n) is 14.6. The van der Waals surface area contributed by atoms with Crippen molar-refractivity contribution >= 4 is 21.7 Å². The van der Waals surface area contributed by atoms with Crippen molar-refractivity contribution in [2.75, 3.05) is 0 Å². The Morgan fingerprint density at radius 3 is 1.94 bits per heavy atom. The Kier molecular flexibility index (Phi) is 7.74. The third-order valence-corrected chi connectivity index (χ3v) is 9.88. The Bertz CT molecular complexity index is 868. The second-order valence-corrected chi connectivity index (χ2v) is 15.4. The summed E-state index contributed by atoms with van der Waals surface area (Å²) in [6.07, 6.45) is 2.93. The summed E-state index contributed by atoms with van der Waals surface area (Å²) in [7, 11) is 0. The first kappa shape index (κ1) is 28.4. The van der Waals surface area contributed by atoms with E-state index >= 15 is 0 Å². The zero-order chi connectivity index (χ0) is 25.8. The van der Waals surface area contributed by atoms with Crippen molar-refractivity contribution in [2.24, 2.45) is 38.9 Å². The molecule has 1 aliphatic carbocycles. The lowest BCUT2D eigenvalue weighted by molar-refractivity contribution is -0.141. The molecule has 0 heterocycles. The van der Waals surface area contributed by atoms with E-state index in [1.165, 1.54) is 5.56 Å². The van der Waals surface area contributed by atoms with E-state index in [-0.39, 0.29) is 44.7 Å². The van der Waals surface area contributed by atoms with Crippen molar-refractivity contribution < 1.29 is 9.90 Å². The molecule has 1 aromatic carbocycles. The Morgan fingerprint density at radius 2 is 1.55 bits per heavy atom. The van der Waals surface area contributed by atoms with Crippen LogP contribution in [0.5, 0.6) is 5.75 Å². The molecule has 1 fully saturated rings. The predicted molar refractivity (Wildman–Crippen MR) is 145 cm³/mol. The van der Waals surface area contributed by atoms with Crippen LogP contribution in [0.2, 0.25) is 0 Å². The lowest BCUT2D eigenvalue weighted by atomic mass is 9.49. The highest BCUT2D eigenvalue weighted by atomic mass is 79.9. The Balaban J connectivity index is 2.54. The number of aromatic hydroxyl groups is 1. The van der Waals surface area contributed by atoms with Crippen LogP contribution in [-0.2, 0) is 4.79 Å². The van der Waals surface area contributed by atoms with Crippen LogP contribution < -0.4 is 0 Å². The van der Waals surface area contributed by atoms with Gasteiger partial charge in [-0.1, -0.05) is 89.2 Å². The van der Waals surface area contributed by atoms with Gasteiger partial charge in [0.05, 0.1) is 4.47 Å². The number of hydrogen-bond acceptors (Lipinski definition) is 2. The monoisotopic (exact) mass is 520 g/mol. The summed E-state index contributed by atoms with van der Waals surface area (Å²) in [6.45, 7) is 27.6. The van der Waals surface area contributed by atoms with Crippen molar-refractivity contribution in [1.82, 2.24) is 0 Å². The number of carbonyl (C=O) groups excluding carboxylic acids is 1. The van der Waals surface area contributed by atoms with Crippen LogP contribution in [0.1, 0.15) is 114 Å². The molecule has 1 aromatic rings. The van der Waals surface area contributed by atoms with Gasteiger partial charge in [0, 0.05) is 11.3 Å². The summed E-state index contributed by atoms with van der Waals surface area (Å²) in [5.41, 5.74) is 0.718. The van der Waals surface area contributed by atoms with Gasteiger partial charge in [-0.05, 0) is 86.4 Å². The topological polar surface area (TPSA) is 37.3 Å². The molecule has 4 atom stereocenters. The molecule has 3 heteroatoms. The number of halogens is 1. The zero-order valence-electron chi connectivity index (χ0n) is 23.3. The summed E-state index contributed by atoms with van der Waals surface area (Å²) >= 11 is 3.54. The molecule has 3 unspecified atom stereocenters. The summed E-state index contributed by atoms with van der Waals surface area (Å²) < 4.78 is 0.741. The largest absolute Gasteiger partial charge is 0.507 e. The number of Topliss-reactive ketones (excluding diaryl/α,β-unsaturated/α-hetero) is 1. The minimum Gasteiger partial charge on any atom is -0.507 e. The minimum atomic E-state index is -0.384. The molecule has 0 aromatic heterocycles. The smallest absolute Gasteiger partial charge is 0.142 e. The minimum absolute atomic E-state index is 0.0847. The molecule has 0 bridgehead atoms. The van der Waals surface area contributed by atoms with E-state index in [1.807, 2.05) is 0 Å². The standard InChI is InChI=1S/C30H49BrO2/c1-19-15-21(19)25(33)30(12,27(5,6)7)18-28(8,9)29(10,11)22(17-26(2,3)4)20-13-14-24(32)23(31)16-20/h13-14,16,19,21-22,32H,15,17-18H2,1-12H3/t19-,21?,22?,30?/m0/s1. The number of benzene rings is 1. The summed E-state index contributed by atoms with van der Waals surface area (Å²) in [4.78, 5) is 13.8. The molecule has 0 saturated heterocycles. The van der Waals surface area contributed by atoms with Crippen molar-refractivity contribution in [2.45, 2.75) is 108 Å². The van der Waals surface area contributed by atoms with Gasteiger partial charge in [-0.25, -0.2) is 0 Å². The van der Waals surface area contributed by atoms with Crippen molar-refractivity contribution in [1.29, 1.82) is 0 Å². The number of ketones is 1. The van der Waals surface area contributed by atoms with Gasteiger partial charge >= 0.3 is 0 Å². The molecular weight excluding hydrogens is 472 g/mol. The van der Waals surface area contributed by atoms with Gasteiger partial charge in [-0.3, -0.25) is 4.79 Å². The van der Waals surface area contributed by atoms with E-state index in [2.05, 4.69) is 111 Å². The zero-order valence-corrected chi connectivity index (χ0v) is 24.9. The molecule has 2 rings (SSSR count). The second kappa shape index (κ2) is 8.99. The van der Waals surface area contributed by atoms with Gasteiger partial charge < -0.3 is 5.11 Å². The van der Waals surface area contributed by atoms with Gasteiger partial charge in [0.1, 0.15) is 11.5 Å². The van der Waals surface area contributed by atoms with Crippen molar-refractivity contribution in [3.8, 4) is 5.75 Å². The average molecular weight is 522 g/mol. The summed E-state index contributed by atoms with van der Waals surface area (Å²) in [5.74, 6) is 1.77. The van der Waals surface area contributed by atoms with Crippen molar-refractivity contribution in [3.05, 3.63) is 28.2 Å². The maximum atomic E-state index is 13.8. The molecule has 0 amide bonds. The van der Waals surface area contributed by atoms with Crippen LogP contribution >= 0.6 is 15.9 Å². The van der Waals surface area contributed by atoms with Gasteiger partial charge in [-0.2, -0.15) is 0 Å².